The zero-order valence-corrected chi connectivity index (χ0v) is 48.5. The van der Waals surface area contributed by atoms with E-state index in [0.29, 0.717) is 0 Å². The Balaban J connectivity index is 1.00. The standard InChI is InChI=1S/C77H70BN3O/c1-8-9-10-13-21-50-30-36-55(37-31-50)79(56-38-32-53(33-39-56)51-22-14-11-15-23-51)58-42-43-59-61-47-62-60-26-18-19-29-70(60)82-74(62)73-71(61)78(81(68(59)46-58)57-40-34-54(35-41-57)52-24-16-12-17-25-52)67-28-20-27-63-72(67)80(73)69-49-65-64(48-66(69)77(63,6)7)75(2,3)44-45-76(65,4)5/h11-12,14-20,22-43,46-49H,8-10,13,21,44-45H2,1-7H3. The zero-order valence-electron chi connectivity index (χ0n) is 48.5. The quantitative estimate of drug-likeness (QED) is 0.0951. The highest BCUT2D eigenvalue weighted by Crippen LogP contribution is 2.60. The van der Waals surface area contributed by atoms with Crippen LogP contribution in [0.3, 0.4) is 0 Å². The second-order valence-electron chi connectivity index (χ2n) is 25.7. The predicted molar refractivity (Wildman–Crippen MR) is 348 cm³/mol. The van der Waals surface area contributed by atoms with Crippen LogP contribution >= 0.6 is 0 Å². The Kier molecular flexibility index (Phi) is 11.7. The van der Waals surface area contributed by atoms with Crippen molar-refractivity contribution in [2.24, 2.45) is 0 Å². The molecule has 82 heavy (non-hydrogen) atoms. The summed E-state index contributed by atoms with van der Waals surface area (Å²) in [7, 11) is 0. The van der Waals surface area contributed by atoms with Gasteiger partial charge < -0.3 is 19.0 Å². The van der Waals surface area contributed by atoms with E-state index in [9.17, 15) is 0 Å². The van der Waals surface area contributed by atoms with Crippen LogP contribution < -0.4 is 25.5 Å². The molecular formula is C77H70BN3O. The van der Waals surface area contributed by atoms with Crippen molar-refractivity contribution in [3.8, 4) is 33.4 Å². The lowest BCUT2D eigenvalue weighted by Crippen LogP contribution is -2.62. The van der Waals surface area contributed by atoms with E-state index in [0.717, 1.165) is 69.6 Å². The molecule has 11 aromatic rings. The minimum Gasteiger partial charge on any atom is -0.454 e. The Bertz CT molecular complexity index is 4290. The second-order valence-corrected chi connectivity index (χ2v) is 25.7. The Morgan fingerprint density at radius 1 is 0.476 bits per heavy atom. The maximum atomic E-state index is 7.34. The van der Waals surface area contributed by atoms with Crippen LogP contribution in [0.1, 0.15) is 115 Å². The number of furan rings is 1. The van der Waals surface area contributed by atoms with E-state index in [1.54, 1.807) is 0 Å². The number of unbranched alkanes of at least 4 members (excludes halogenated alkanes) is 3. The Morgan fingerprint density at radius 3 is 1.77 bits per heavy atom. The average molecular weight is 1060 g/mol. The predicted octanol–water partition coefficient (Wildman–Crippen LogP) is 20.2. The SMILES string of the molecule is CCCCCCc1ccc(N(c2ccc(-c3ccccc3)cc2)c2ccc3c(c2)N(c2ccc(-c4ccccc4)cc2)B2c4cccc5c4N(c4cc6c(cc4C5(C)C)C(C)(C)CCC6(C)C)c4c2c-3cc2c4oc3ccccc32)cc1. The highest BCUT2D eigenvalue weighted by atomic mass is 16.3. The van der Waals surface area contributed by atoms with E-state index in [2.05, 4.69) is 275 Å². The van der Waals surface area contributed by atoms with Crippen LogP contribution in [0.4, 0.5) is 45.5 Å². The molecular weight excluding hydrogens is 994 g/mol. The highest BCUT2D eigenvalue weighted by Gasteiger charge is 2.52. The number of hydrogen-bond donors (Lipinski definition) is 0. The van der Waals surface area contributed by atoms with Crippen LogP contribution in [0.25, 0.3) is 55.3 Å². The molecule has 402 valence electrons. The Labute approximate surface area is 484 Å². The molecule has 0 unspecified atom stereocenters. The van der Waals surface area contributed by atoms with Gasteiger partial charge in [-0.05, 0) is 170 Å². The lowest BCUT2D eigenvalue weighted by Gasteiger charge is -2.51. The van der Waals surface area contributed by atoms with E-state index in [1.165, 1.54) is 115 Å². The van der Waals surface area contributed by atoms with Crippen molar-refractivity contribution in [2.45, 2.75) is 110 Å². The Morgan fingerprint density at radius 2 is 1.09 bits per heavy atom. The fourth-order valence-corrected chi connectivity index (χ4v) is 14.7. The van der Waals surface area contributed by atoms with Crippen molar-refractivity contribution in [2.75, 3.05) is 14.6 Å². The van der Waals surface area contributed by atoms with Crippen LogP contribution in [0.2, 0.25) is 0 Å². The third-order valence-electron chi connectivity index (χ3n) is 19.4. The molecule has 10 aromatic carbocycles. The number of fused-ring (bicyclic) bond motifs is 11. The summed E-state index contributed by atoms with van der Waals surface area (Å²) < 4.78 is 7.34. The summed E-state index contributed by atoms with van der Waals surface area (Å²) in [6.07, 6.45) is 8.39. The summed E-state index contributed by atoms with van der Waals surface area (Å²) in [5.41, 5.74) is 27.8. The van der Waals surface area contributed by atoms with Gasteiger partial charge in [0.25, 0.3) is 0 Å². The molecule has 0 amide bonds. The third-order valence-corrected chi connectivity index (χ3v) is 19.4. The van der Waals surface area contributed by atoms with Crippen molar-refractivity contribution in [1.82, 2.24) is 0 Å². The van der Waals surface area contributed by atoms with Gasteiger partial charge in [0.05, 0.1) is 11.4 Å². The minimum atomic E-state index is -0.310. The van der Waals surface area contributed by atoms with Crippen molar-refractivity contribution >= 4 is 85.2 Å². The minimum absolute atomic E-state index is 0.0143. The Hall–Kier alpha value is -8.54. The van der Waals surface area contributed by atoms with Gasteiger partial charge in [-0.25, -0.2) is 0 Å². The molecule has 5 heteroatoms. The fourth-order valence-electron chi connectivity index (χ4n) is 14.7. The molecule has 1 aliphatic carbocycles. The van der Waals surface area contributed by atoms with Crippen LogP contribution in [0, 0.1) is 0 Å². The number of hydrogen-bond acceptors (Lipinski definition) is 4. The van der Waals surface area contributed by atoms with E-state index >= 15 is 0 Å². The molecule has 0 radical (unpaired) electrons. The second kappa shape index (κ2) is 19.0. The summed E-state index contributed by atoms with van der Waals surface area (Å²) in [5, 5.41) is 2.27. The molecule has 0 bridgehead atoms. The molecule has 0 saturated carbocycles. The van der Waals surface area contributed by atoms with Gasteiger partial charge in [-0.2, -0.15) is 0 Å². The molecule has 4 heterocycles. The highest BCUT2D eigenvalue weighted by molar-refractivity contribution is 6.94. The first-order valence-corrected chi connectivity index (χ1v) is 30.1. The van der Waals surface area contributed by atoms with Crippen molar-refractivity contribution in [3.63, 3.8) is 0 Å². The van der Waals surface area contributed by atoms with Crippen LogP contribution in [0.5, 0.6) is 0 Å². The van der Waals surface area contributed by atoms with Gasteiger partial charge in [-0.1, -0.05) is 213 Å². The van der Waals surface area contributed by atoms with Crippen LogP contribution in [-0.2, 0) is 22.7 Å². The lowest BCUT2D eigenvalue weighted by atomic mass is 9.42. The third kappa shape index (κ3) is 7.86. The normalized spacial score (nSPS) is 15.6. The van der Waals surface area contributed by atoms with E-state index in [-0.39, 0.29) is 23.1 Å². The molecule has 4 nitrogen and oxygen atoms in total. The van der Waals surface area contributed by atoms with Crippen LogP contribution in [0.15, 0.2) is 217 Å². The average Bonchev–Trinajstić information content (AvgIpc) is 1.20. The number of aryl methyl sites for hydroxylation is 1. The van der Waals surface area contributed by atoms with Gasteiger partial charge in [0.1, 0.15) is 5.58 Å². The molecule has 4 aliphatic rings. The summed E-state index contributed by atoms with van der Waals surface area (Å²) in [6.45, 7) is 16.9. The molecule has 0 atom stereocenters. The maximum absolute atomic E-state index is 7.34. The topological polar surface area (TPSA) is 22.9 Å². The van der Waals surface area contributed by atoms with E-state index in [4.69, 9.17) is 4.42 Å². The molecule has 0 saturated heterocycles. The first-order chi connectivity index (χ1) is 39.9. The van der Waals surface area contributed by atoms with Crippen molar-refractivity contribution in [1.29, 1.82) is 0 Å². The number of nitrogens with zero attached hydrogens (tertiary/aromatic N) is 3. The molecule has 0 fully saturated rings. The first-order valence-electron chi connectivity index (χ1n) is 30.1. The molecule has 0 spiro atoms. The van der Waals surface area contributed by atoms with Gasteiger partial charge in [-0.3, -0.25) is 0 Å². The zero-order chi connectivity index (χ0) is 55.6. The summed E-state index contributed by atoms with van der Waals surface area (Å²) in [6, 6.07) is 80.3. The smallest absolute Gasteiger partial charge is 0.333 e. The maximum Gasteiger partial charge on any atom is 0.333 e. The van der Waals surface area contributed by atoms with Crippen molar-refractivity contribution < 1.29 is 4.42 Å². The summed E-state index contributed by atoms with van der Waals surface area (Å²) >= 11 is 0. The molecule has 0 N–H and O–H groups in total. The number of para-hydroxylation sites is 2. The van der Waals surface area contributed by atoms with E-state index in [1.807, 2.05) is 0 Å². The fraction of sp³-hybridized carbons (Fsp3) is 0.221. The van der Waals surface area contributed by atoms with Crippen molar-refractivity contribution in [3.05, 3.63) is 240 Å². The monoisotopic (exact) mass is 1060 g/mol. The van der Waals surface area contributed by atoms with Gasteiger partial charge >= 0.3 is 6.85 Å². The summed E-state index contributed by atoms with van der Waals surface area (Å²) in [5.74, 6) is 0. The van der Waals surface area contributed by atoms with Gasteiger partial charge in [0.15, 0.2) is 5.58 Å². The van der Waals surface area contributed by atoms with Gasteiger partial charge in [-0.15, -0.1) is 0 Å². The molecule has 3 aliphatic heterocycles. The van der Waals surface area contributed by atoms with Gasteiger partial charge in [0.2, 0.25) is 0 Å². The molecule has 15 rings (SSSR count). The van der Waals surface area contributed by atoms with Crippen LogP contribution in [-0.4, -0.2) is 6.85 Å². The number of benzene rings is 10. The summed E-state index contributed by atoms with van der Waals surface area (Å²) in [4.78, 5) is 7.82. The number of anilines is 8. The molecule has 1 aromatic heterocycles. The largest absolute Gasteiger partial charge is 0.454 e. The van der Waals surface area contributed by atoms with E-state index < -0.39 is 0 Å². The first kappa shape index (κ1) is 50.4. The van der Waals surface area contributed by atoms with Gasteiger partial charge in [0, 0.05) is 55.9 Å². The number of rotatable bonds is 11. The lowest BCUT2D eigenvalue weighted by molar-refractivity contribution is 0.331.